The lowest BCUT2D eigenvalue weighted by molar-refractivity contribution is 0.0955. The third kappa shape index (κ3) is 3.36. The molecule has 3 aromatic rings. The number of carbonyl (C=O) groups is 1. The van der Waals surface area contributed by atoms with Crippen LogP contribution in [0.25, 0.3) is 10.9 Å². The van der Waals surface area contributed by atoms with Gasteiger partial charge >= 0.3 is 0 Å². The molecule has 5 nitrogen and oxygen atoms in total. The molecule has 128 valence electrons. The Balaban J connectivity index is 1.38. The lowest BCUT2D eigenvalue weighted by Gasteiger charge is -2.10. The molecule has 2 heterocycles. The number of hydrogen-bond donors (Lipinski definition) is 3. The number of aryl methyl sites for hydroxylation is 2. The predicted molar refractivity (Wildman–Crippen MR) is 100 cm³/mol. The molecule has 5 heteroatoms. The molecule has 3 N–H and O–H groups in total. The van der Waals surface area contributed by atoms with E-state index in [0.29, 0.717) is 18.7 Å². The predicted octanol–water partition coefficient (Wildman–Crippen LogP) is 3.28. The average molecular weight is 334 g/mol. The minimum Gasteiger partial charge on any atom is -0.382 e. The third-order valence-electron chi connectivity index (χ3n) is 4.76. The van der Waals surface area contributed by atoms with Crippen LogP contribution in [0.4, 0.5) is 5.69 Å². The number of nitrogens with one attached hydrogen (secondary N) is 3. The van der Waals surface area contributed by atoms with Gasteiger partial charge in [0, 0.05) is 47.6 Å². The van der Waals surface area contributed by atoms with E-state index in [-0.39, 0.29) is 5.91 Å². The molecule has 25 heavy (non-hydrogen) atoms. The summed E-state index contributed by atoms with van der Waals surface area (Å²) in [6, 6.07) is 9.81. The fourth-order valence-corrected chi connectivity index (χ4v) is 3.51. The molecule has 0 radical (unpaired) electrons. The Bertz CT molecular complexity index is 885. The summed E-state index contributed by atoms with van der Waals surface area (Å²) in [7, 11) is 0. The fourth-order valence-electron chi connectivity index (χ4n) is 3.51. The van der Waals surface area contributed by atoms with Gasteiger partial charge in [0.25, 0.3) is 5.91 Å². The molecule has 2 aromatic heterocycles. The summed E-state index contributed by atoms with van der Waals surface area (Å²) in [6.45, 7) is 1.23. The van der Waals surface area contributed by atoms with Gasteiger partial charge in [-0.1, -0.05) is 6.07 Å². The van der Waals surface area contributed by atoms with E-state index in [9.17, 15) is 4.79 Å². The van der Waals surface area contributed by atoms with Crippen LogP contribution in [0.2, 0.25) is 0 Å². The highest BCUT2D eigenvalue weighted by Gasteiger charge is 2.16. The van der Waals surface area contributed by atoms with Gasteiger partial charge in [-0.15, -0.1) is 0 Å². The number of rotatable bonds is 5. The van der Waals surface area contributed by atoms with Crippen molar-refractivity contribution in [2.24, 2.45) is 0 Å². The van der Waals surface area contributed by atoms with E-state index in [1.165, 1.54) is 29.5 Å². The number of carbonyl (C=O) groups excluding carboxylic acids is 1. The van der Waals surface area contributed by atoms with Crippen LogP contribution in [0.3, 0.4) is 0 Å². The maximum Gasteiger partial charge on any atom is 0.251 e. The molecule has 4 rings (SSSR count). The molecular formula is C20H22N4O. The highest BCUT2D eigenvalue weighted by Crippen LogP contribution is 2.29. The molecule has 0 spiro atoms. The summed E-state index contributed by atoms with van der Waals surface area (Å²) in [5, 5.41) is 7.46. The van der Waals surface area contributed by atoms with E-state index < -0.39 is 0 Å². The van der Waals surface area contributed by atoms with E-state index >= 15 is 0 Å². The van der Waals surface area contributed by atoms with Crippen molar-refractivity contribution in [1.82, 2.24) is 15.3 Å². The van der Waals surface area contributed by atoms with Crippen LogP contribution >= 0.6 is 0 Å². The Morgan fingerprint density at radius 1 is 1.16 bits per heavy atom. The molecule has 0 unspecified atom stereocenters. The van der Waals surface area contributed by atoms with Crippen LogP contribution in [0.5, 0.6) is 0 Å². The zero-order chi connectivity index (χ0) is 17.1. The third-order valence-corrected chi connectivity index (χ3v) is 4.76. The van der Waals surface area contributed by atoms with Gasteiger partial charge in [-0.25, -0.2) is 0 Å². The van der Waals surface area contributed by atoms with Gasteiger partial charge in [0.15, 0.2) is 0 Å². The fraction of sp³-hybridized carbons (Fsp3) is 0.300. The lowest BCUT2D eigenvalue weighted by atomic mass is 9.95. The second-order valence-electron chi connectivity index (χ2n) is 6.47. The summed E-state index contributed by atoms with van der Waals surface area (Å²) in [4.78, 5) is 19.9. The molecule has 0 saturated carbocycles. The van der Waals surface area contributed by atoms with E-state index in [2.05, 4.69) is 26.7 Å². The number of anilines is 1. The van der Waals surface area contributed by atoms with Crippen molar-refractivity contribution in [3.05, 3.63) is 59.5 Å². The minimum absolute atomic E-state index is 0.0394. The molecule has 0 bridgehead atoms. The SMILES string of the molecule is O=C(NCCNc1cccnc1)c1ccc2c3c([nH]c2c1)CCCC3. The number of pyridine rings is 1. The standard InChI is InChI=1S/C20H22N4O/c25-20(23-11-10-22-15-4-3-9-21-13-15)14-7-8-17-16-5-1-2-6-18(16)24-19(17)12-14/h3-4,7-9,12-13,22,24H,1-2,5-6,10-11H2,(H,23,25). The second-order valence-corrected chi connectivity index (χ2v) is 6.47. The number of benzene rings is 1. The van der Waals surface area contributed by atoms with Gasteiger partial charge in [0.2, 0.25) is 0 Å². The Kier molecular flexibility index (Phi) is 4.37. The molecule has 0 fully saturated rings. The Hall–Kier alpha value is -2.82. The van der Waals surface area contributed by atoms with Crippen molar-refractivity contribution in [3.8, 4) is 0 Å². The normalized spacial score (nSPS) is 13.4. The molecule has 0 saturated heterocycles. The van der Waals surface area contributed by atoms with Gasteiger partial charge < -0.3 is 15.6 Å². The van der Waals surface area contributed by atoms with E-state index in [1.54, 1.807) is 12.4 Å². The average Bonchev–Trinajstić information content (AvgIpc) is 3.03. The van der Waals surface area contributed by atoms with Crippen molar-refractivity contribution < 1.29 is 4.79 Å². The van der Waals surface area contributed by atoms with Crippen LogP contribution < -0.4 is 10.6 Å². The van der Waals surface area contributed by atoms with Gasteiger partial charge in [0.1, 0.15) is 0 Å². The zero-order valence-corrected chi connectivity index (χ0v) is 14.1. The highest BCUT2D eigenvalue weighted by atomic mass is 16.1. The van der Waals surface area contributed by atoms with E-state index in [4.69, 9.17) is 0 Å². The molecule has 1 amide bonds. The topological polar surface area (TPSA) is 69.8 Å². The van der Waals surface area contributed by atoms with Gasteiger partial charge in [-0.3, -0.25) is 9.78 Å². The Morgan fingerprint density at radius 2 is 2.08 bits per heavy atom. The number of H-pyrrole nitrogens is 1. The van der Waals surface area contributed by atoms with Crippen LogP contribution in [-0.2, 0) is 12.8 Å². The van der Waals surface area contributed by atoms with Crippen molar-refractivity contribution in [1.29, 1.82) is 0 Å². The molecule has 0 aliphatic heterocycles. The lowest BCUT2D eigenvalue weighted by Crippen LogP contribution is -2.28. The largest absolute Gasteiger partial charge is 0.382 e. The first-order chi connectivity index (χ1) is 12.3. The summed E-state index contributed by atoms with van der Waals surface area (Å²) in [5.74, 6) is -0.0394. The first kappa shape index (κ1) is 15.7. The quantitative estimate of drug-likeness (QED) is 0.627. The molecular weight excluding hydrogens is 312 g/mol. The number of aromatic nitrogens is 2. The maximum absolute atomic E-state index is 12.4. The van der Waals surface area contributed by atoms with Crippen LogP contribution in [0, 0.1) is 0 Å². The molecule has 1 aromatic carbocycles. The highest BCUT2D eigenvalue weighted by molar-refractivity contribution is 5.98. The molecule has 1 aliphatic carbocycles. The second kappa shape index (κ2) is 6.97. The summed E-state index contributed by atoms with van der Waals surface area (Å²) in [6.07, 6.45) is 8.26. The molecule has 1 aliphatic rings. The van der Waals surface area contributed by atoms with E-state index in [1.807, 2.05) is 24.3 Å². The van der Waals surface area contributed by atoms with Crippen molar-refractivity contribution >= 4 is 22.5 Å². The summed E-state index contributed by atoms with van der Waals surface area (Å²) in [5.41, 5.74) is 5.52. The van der Waals surface area contributed by atoms with Crippen molar-refractivity contribution in [2.45, 2.75) is 25.7 Å². The number of aromatic amines is 1. The van der Waals surface area contributed by atoms with Crippen LogP contribution in [0.1, 0.15) is 34.5 Å². The first-order valence-electron chi connectivity index (χ1n) is 8.87. The number of fused-ring (bicyclic) bond motifs is 3. The number of nitrogens with zero attached hydrogens (tertiary/aromatic N) is 1. The van der Waals surface area contributed by atoms with Gasteiger partial charge in [-0.2, -0.15) is 0 Å². The monoisotopic (exact) mass is 334 g/mol. The zero-order valence-electron chi connectivity index (χ0n) is 14.1. The van der Waals surface area contributed by atoms with Crippen LogP contribution in [-0.4, -0.2) is 29.0 Å². The number of amides is 1. The smallest absolute Gasteiger partial charge is 0.251 e. The van der Waals surface area contributed by atoms with Gasteiger partial charge in [-0.05, 0) is 55.5 Å². The first-order valence-corrected chi connectivity index (χ1v) is 8.87. The van der Waals surface area contributed by atoms with Crippen molar-refractivity contribution in [2.75, 3.05) is 18.4 Å². The molecule has 0 atom stereocenters. The van der Waals surface area contributed by atoms with Crippen LogP contribution in [0.15, 0.2) is 42.7 Å². The summed E-state index contributed by atoms with van der Waals surface area (Å²) >= 11 is 0. The minimum atomic E-state index is -0.0394. The Labute approximate surface area is 146 Å². The van der Waals surface area contributed by atoms with Gasteiger partial charge in [0.05, 0.1) is 5.69 Å². The summed E-state index contributed by atoms with van der Waals surface area (Å²) < 4.78 is 0. The van der Waals surface area contributed by atoms with Crippen molar-refractivity contribution in [3.63, 3.8) is 0 Å². The number of hydrogen-bond acceptors (Lipinski definition) is 3. The van der Waals surface area contributed by atoms with E-state index in [0.717, 1.165) is 24.0 Å². The Morgan fingerprint density at radius 3 is 2.96 bits per heavy atom. The maximum atomic E-state index is 12.4.